The van der Waals surface area contributed by atoms with E-state index in [4.69, 9.17) is 9.72 Å². The summed E-state index contributed by atoms with van der Waals surface area (Å²) in [5, 5.41) is 3.83. The second-order valence-corrected chi connectivity index (χ2v) is 8.61. The molecule has 0 fully saturated rings. The molecule has 0 saturated heterocycles. The summed E-state index contributed by atoms with van der Waals surface area (Å²) in [4.78, 5) is 29.7. The lowest BCUT2D eigenvalue weighted by Crippen LogP contribution is -2.44. The molecule has 1 unspecified atom stereocenters. The Balaban J connectivity index is 1.78. The van der Waals surface area contributed by atoms with Crippen LogP contribution < -0.4 is 5.32 Å². The van der Waals surface area contributed by atoms with Gasteiger partial charge in [-0.25, -0.2) is 4.98 Å². The summed E-state index contributed by atoms with van der Waals surface area (Å²) in [6, 6.07) is 17.7. The van der Waals surface area contributed by atoms with Gasteiger partial charge >= 0.3 is 5.97 Å². The summed E-state index contributed by atoms with van der Waals surface area (Å²) < 4.78 is 6.24. The van der Waals surface area contributed by atoms with Gasteiger partial charge in [-0.3, -0.25) is 9.59 Å². The second kappa shape index (κ2) is 9.18. The summed E-state index contributed by atoms with van der Waals surface area (Å²) in [6.07, 6.45) is 0.473. The van der Waals surface area contributed by atoms with Crippen LogP contribution in [0.4, 0.5) is 0 Å². The fourth-order valence-corrected chi connectivity index (χ4v) is 4.34. The highest BCUT2D eigenvalue weighted by Gasteiger charge is 2.36. The fraction of sp³-hybridized carbons (Fsp3) is 0.348. The van der Waals surface area contributed by atoms with Crippen LogP contribution in [0.15, 0.2) is 54.6 Å². The minimum absolute atomic E-state index is 0.125. The third-order valence-corrected chi connectivity index (χ3v) is 5.77. The van der Waals surface area contributed by atoms with Crippen LogP contribution >= 0.6 is 11.3 Å². The number of esters is 1. The molecule has 1 N–H and O–H groups in total. The Kier molecular flexibility index (Phi) is 6.64. The van der Waals surface area contributed by atoms with Crippen LogP contribution in [-0.2, 0) is 26.2 Å². The maximum Gasteiger partial charge on any atom is 0.307 e. The van der Waals surface area contributed by atoms with E-state index < -0.39 is 5.41 Å². The Bertz CT molecular complexity index is 951. The van der Waals surface area contributed by atoms with Crippen LogP contribution in [0.3, 0.4) is 0 Å². The Hall–Kier alpha value is -2.73. The Morgan fingerprint density at radius 2 is 1.79 bits per heavy atom. The number of amides is 1. The number of carbonyl (C=O) groups is 2. The van der Waals surface area contributed by atoms with Crippen molar-refractivity contribution in [2.45, 2.75) is 45.1 Å². The van der Waals surface area contributed by atoms with Crippen molar-refractivity contribution in [3.05, 3.63) is 65.2 Å². The molecule has 3 aromatic rings. The van der Waals surface area contributed by atoms with Crippen LogP contribution in [0.25, 0.3) is 10.2 Å². The van der Waals surface area contributed by atoms with Crippen LogP contribution in [0, 0.1) is 0 Å². The molecule has 1 amide bonds. The number of fused-ring (bicyclic) bond motifs is 1. The molecule has 6 heteroatoms. The molecule has 0 bridgehead atoms. The van der Waals surface area contributed by atoms with Gasteiger partial charge in [-0.05, 0) is 38.5 Å². The first-order chi connectivity index (χ1) is 13.9. The molecule has 0 aliphatic carbocycles. The molecule has 0 spiro atoms. The molecular weight excluding hydrogens is 384 g/mol. The molecule has 0 saturated carbocycles. The van der Waals surface area contributed by atoms with E-state index >= 15 is 0 Å². The van der Waals surface area contributed by atoms with Crippen molar-refractivity contribution < 1.29 is 14.3 Å². The first-order valence-corrected chi connectivity index (χ1v) is 10.6. The SMILES string of the molecule is CC(C)OC(=O)CCNC(=O)C(C)(Cc1nc2ccccc2s1)c1ccccc1. The van der Waals surface area contributed by atoms with E-state index in [9.17, 15) is 9.59 Å². The van der Waals surface area contributed by atoms with Gasteiger partial charge in [0.05, 0.1) is 33.2 Å². The standard InChI is InChI=1S/C23H26N2O3S/c1-16(2)28-21(26)13-14-24-22(27)23(3,17-9-5-4-6-10-17)15-20-25-18-11-7-8-12-19(18)29-20/h4-12,16H,13-15H2,1-3H3,(H,24,27). The molecule has 3 rings (SSSR count). The molecule has 1 atom stereocenters. The first-order valence-electron chi connectivity index (χ1n) is 9.76. The van der Waals surface area contributed by atoms with Crippen LogP contribution in [-0.4, -0.2) is 29.5 Å². The van der Waals surface area contributed by atoms with Crippen molar-refractivity contribution in [2.24, 2.45) is 0 Å². The van der Waals surface area contributed by atoms with Crippen LogP contribution in [0.5, 0.6) is 0 Å². The number of benzene rings is 2. The lowest BCUT2D eigenvalue weighted by atomic mass is 9.78. The maximum absolute atomic E-state index is 13.2. The number of para-hydroxylation sites is 1. The number of carbonyl (C=O) groups excluding carboxylic acids is 2. The van der Waals surface area contributed by atoms with Crippen molar-refractivity contribution in [2.75, 3.05) is 6.54 Å². The molecule has 1 aromatic heterocycles. The van der Waals surface area contributed by atoms with Gasteiger partial charge in [-0.1, -0.05) is 42.5 Å². The van der Waals surface area contributed by atoms with E-state index in [0.717, 1.165) is 20.8 Å². The average Bonchev–Trinajstić information content (AvgIpc) is 3.10. The number of rotatable bonds is 8. The zero-order valence-electron chi connectivity index (χ0n) is 17.0. The minimum Gasteiger partial charge on any atom is -0.463 e. The number of thiazole rings is 1. The number of nitrogens with one attached hydrogen (secondary N) is 1. The minimum atomic E-state index is -0.795. The Labute approximate surface area is 175 Å². The predicted octanol–water partition coefficient (Wildman–Crippen LogP) is 4.25. The third-order valence-electron chi connectivity index (χ3n) is 4.74. The average molecular weight is 411 g/mol. The largest absolute Gasteiger partial charge is 0.463 e. The predicted molar refractivity (Wildman–Crippen MR) is 116 cm³/mol. The highest BCUT2D eigenvalue weighted by molar-refractivity contribution is 7.18. The molecule has 29 heavy (non-hydrogen) atoms. The summed E-state index contributed by atoms with van der Waals surface area (Å²) in [6.45, 7) is 5.78. The normalized spacial score (nSPS) is 13.2. The maximum atomic E-state index is 13.2. The third kappa shape index (κ3) is 5.21. The summed E-state index contributed by atoms with van der Waals surface area (Å²) >= 11 is 1.61. The van der Waals surface area contributed by atoms with E-state index in [-0.39, 0.29) is 30.9 Å². The van der Waals surface area contributed by atoms with Gasteiger partial charge in [-0.2, -0.15) is 0 Å². The molecule has 1 heterocycles. The molecule has 0 aliphatic heterocycles. The number of hydrogen-bond donors (Lipinski definition) is 1. The highest BCUT2D eigenvalue weighted by Crippen LogP contribution is 2.32. The number of nitrogens with zero attached hydrogens (tertiary/aromatic N) is 1. The van der Waals surface area contributed by atoms with Crippen molar-refractivity contribution in [1.29, 1.82) is 0 Å². The fourth-order valence-electron chi connectivity index (χ4n) is 3.21. The van der Waals surface area contributed by atoms with E-state index in [1.807, 2.05) is 61.5 Å². The van der Waals surface area contributed by atoms with Crippen molar-refractivity contribution in [3.8, 4) is 0 Å². The zero-order chi connectivity index (χ0) is 20.9. The van der Waals surface area contributed by atoms with Gasteiger partial charge in [-0.15, -0.1) is 11.3 Å². The molecule has 0 radical (unpaired) electrons. The topological polar surface area (TPSA) is 68.3 Å². The van der Waals surface area contributed by atoms with E-state index in [2.05, 4.69) is 5.32 Å². The molecule has 2 aromatic carbocycles. The molecule has 5 nitrogen and oxygen atoms in total. The molecular formula is C23H26N2O3S. The summed E-state index contributed by atoms with van der Waals surface area (Å²) in [5.41, 5.74) is 1.07. The quantitative estimate of drug-likeness (QED) is 0.564. The van der Waals surface area contributed by atoms with E-state index in [0.29, 0.717) is 6.42 Å². The summed E-state index contributed by atoms with van der Waals surface area (Å²) in [7, 11) is 0. The summed E-state index contributed by atoms with van der Waals surface area (Å²) in [5.74, 6) is -0.437. The number of aromatic nitrogens is 1. The zero-order valence-corrected chi connectivity index (χ0v) is 17.8. The van der Waals surface area contributed by atoms with Gasteiger partial charge in [0.2, 0.25) is 5.91 Å². The molecule has 0 aliphatic rings. The van der Waals surface area contributed by atoms with Gasteiger partial charge in [0.15, 0.2) is 0 Å². The van der Waals surface area contributed by atoms with Crippen molar-refractivity contribution in [1.82, 2.24) is 10.3 Å². The van der Waals surface area contributed by atoms with Crippen LogP contribution in [0.2, 0.25) is 0 Å². The van der Waals surface area contributed by atoms with Gasteiger partial charge in [0.1, 0.15) is 0 Å². The van der Waals surface area contributed by atoms with Crippen molar-refractivity contribution in [3.63, 3.8) is 0 Å². The second-order valence-electron chi connectivity index (χ2n) is 7.49. The first kappa shape index (κ1) is 21.0. The van der Waals surface area contributed by atoms with E-state index in [1.54, 1.807) is 25.2 Å². The smallest absolute Gasteiger partial charge is 0.307 e. The lowest BCUT2D eigenvalue weighted by molar-refractivity contribution is -0.147. The lowest BCUT2D eigenvalue weighted by Gasteiger charge is -2.28. The number of hydrogen-bond acceptors (Lipinski definition) is 5. The molecule has 152 valence electrons. The monoisotopic (exact) mass is 410 g/mol. The number of ether oxygens (including phenoxy) is 1. The van der Waals surface area contributed by atoms with Crippen LogP contribution in [0.1, 0.15) is 37.8 Å². The van der Waals surface area contributed by atoms with Gasteiger partial charge in [0.25, 0.3) is 0 Å². The van der Waals surface area contributed by atoms with Gasteiger partial charge in [0, 0.05) is 13.0 Å². The van der Waals surface area contributed by atoms with Crippen molar-refractivity contribution >= 4 is 33.4 Å². The Morgan fingerprint density at radius 3 is 2.48 bits per heavy atom. The van der Waals surface area contributed by atoms with Gasteiger partial charge < -0.3 is 10.1 Å². The van der Waals surface area contributed by atoms with E-state index in [1.165, 1.54) is 0 Å². The Morgan fingerprint density at radius 1 is 1.10 bits per heavy atom. The highest BCUT2D eigenvalue weighted by atomic mass is 32.1.